The van der Waals surface area contributed by atoms with Gasteiger partial charge in [-0.15, -0.1) is 0 Å². The van der Waals surface area contributed by atoms with Crippen LogP contribution in [0.2, 0.25) is 0 Å². The molecule has 6 heteroatoms. The maximum absolute atomic E-state index is 11.0. The lowest BCUT2D eigenvalue weighted by atomic mass is 10.1. The van der Waals surface area contributed by atoms with E-state index in [0.29, 0.717) is 5.56 Å². The number of hydrogen-bond acceptors (Lipinski definition) is 5. The molecular formula is C28H32N2O4. The van der Waals surface area contributed by atoms with Crippen molar-refractivity contribution in [3.8, 4) is 5.75 Å². The van der Waals surface area contributed by atoms with Crippen LogP contribution >= 0.6 is 0 Å². The minimum absolute atomic E-state index is 0.227. The average molecular weight is 461 g/mol. The second-order valence-electron chi connectivity index (χ2n) is 8.79. The Hall–Kier alpha value is -3.19. The van der Waals surface area contributed by atoms with Crippen LogP contribution in [-0.2, 0) is 13.1 Å². The third-order valence-corrected chi connectivity index (χ3v) is 6.21. The van der Waals surface area contributed by atoms with E-state index in [-0.39, 0.29) is 6.61 Å². The molecule has 4 rings (SSSR count). The number of ether oxygens (including phenoxy) is 1. The summed E-state index contributed by atoms with van der Waals surface area (Å²) in [6, 6.07) is 24.9. The summed E-state index contributed by atoms with van der Waals surface area (Å²) in [6.07, 6.45) is 0.460. The number of carboxylic acids is 1. The topological polar surface area (TPSA) is 73.2 Å². The quantitative estimate of drug-likeness (QED) is 0.499. The van der Waals surface area contributed by atoms with Gasteiger partial charge in [0, 0.05) is 26.2 Å². The van der Waals surface area contributed by atoms with Crippen molar-refractivity contribution in [1.82, 2.24) is 9.80 Å². The van der Waals surface area contributed by atoms with Crippen LogP contribution in [0.25, 0.3) is 0 Å². The van der Waals surface area contributed by atoms with Crippen LogP contribution in [-0.4, -0.2) is 58.8 Å². The summed E-state index contributed by atoms with van der Waals surface area (Å²) in [6.45, 7) is 6.03. The van der Waals surface area contributed by atoms with Gasteiger partial charge >= 0.3 is 5.97 Å². The summed E-state index contributed by atoms with van der Waals surface area (Å²) in [4.78, 5) is 15.9. The smallest absolute Gasteiger partial charge is 0.335 e. The van der Waals surface area contributed by atoms with Gasteiger partial charge in [-0.1, -0.05) is 54.6 Å². The molecule has 3 aromatic carbocycles. The van der Waals surface area contributed by atoms with Crippen molar-refractivity contribution >= 4 is 5.97 Å². The Morgan fingerprint density at radius 2 is 1.35 bits per heavy atom. The fourth-order valence-electron chi connectivity index (χ4n) is 4.25. The molecule has 1 heterocycles. The molecular weight excluding hydrogens is 428 g/mol. The second-order valence-corrected chi connectivity index (χ2v) is 8.79. The molecule has 0 bridgehead atoms. The highest BCUT2D eigenvalue weighted by atomic mass is 16.5. The van der Waals surface area contributed by atoms with Crippen molar-refractivity contribution < 1.29 is 19.7 Å². The van der Waals surface area contributed by atoms with Crippen molar-refractivity contribution in [3.05, 3.63) is 101 Å². The first-order valence-corrected chi connectivity index (χ1v) is 11.8. The summed E-state index contributed by atoms with van der Waals surface area (Å²) >= 11 is 0. The monoisotopic (exact) mass is 460 g/mol. The third-order valence-electron chi connectivity index (χ3n) is 6.21. The van der Waals surface area contributed by atoms with E-state index in [1.807, 2.05) is 54.6 Å². The molecule has 6 nitrogen and oxygen atoms in total. The van der Waals surface area contributed by atoms with Crippen LogP contribution in [0.1, 0.15) is 39.6 Å². The minimum Gasteiger partial charge on any atom is -0.491 e. The van der Waals surface area contributed by atoms with E-state index in [0.717, 1.165) is 62.6 Å². The standard InChI is InChI=1S/C28H32N2O4/c31-27(24-5-2-1-3-6-24)21-34-26-13-9-23(10-14-26)20-30-16-4-15-29(17-18-30)19-22-7-11-25(12-8-22)28(32)33/h1-3,5-14,27,31H,4,15-21H2,(H,32,33). The van der Waals surface area contributed by atoms with Gasteiger partial charge in [0.15, 0.2) is 0 Å². The summed E-state index contributed by atoms with van der Waals surface area (Å²) < 4.78 is 5.78. The average Bonchev–Trinajstić information content (AvgIpc) is 3.09. The Balaban J connectivity index is 1.23. The molecule has 0 radical (unpaired) electrons. The van der Waals surface area contributed by atoms with Crippen molar-refractivity contribution in [2.24, 2.45) is 0 Å². The maximum Gasteiger partial charge on any atom is 0.335 e. The number of aromatic carboxylic acids is 1. The van der Waals surface area contributed by atoms with Gasteiger partial charge in [0.2, 0.25) is 0 Å². The number of aliphatic hydroxyl groups is 1. The molecule has 3 aromatic rings. The normalized spacial score (nSPS) is 16.0. The molecule has 0 aliphatic carbocycles. The van der Waals surface area contributed by atoms with E-state index in [9.17, 15) is 9.90 Å². The number of hydrogen-bond donors (Lipinski definition) is 2. The maximum atomic E-state index is 11.0. The van der Waals surface area contributed by atoms with E-state index in [1.165, 1.54) is 5.56 Å². The molecule has 178 valence electrons. The van der Waals surface area contributed by atoms with Gasteiger partial charge in [-0.2, -0.15) is 0 Å². The van der Waals surface area contributed by atoms with Crippen LogP contribution < -0.4 is 4.74 Å². The van der Waals surface area contributed by atoms with Gasteiger partial charge < -0.3 is 14.9 Å². The predicted molar refractivity (Wildman–Crippen MR) is 132 cm³/mol. The van der Waals surface area contributed by atoms with Crippen LogP contribution in [0.4, 0.5) is 0 Å². The summed E-state index contributed by atoms with van der Waals surface area (Å²) in [5.74, 6) is -0.129. The molecule has 1 saturated heterocycles. The number of aliphatic hydroxyl groups excluding tert-OH is 1. The Labute approximate surface area is 201 Å². The van der Waals surface area contributed by atoms with Gasteiger partial charge in [-0.05, 0) is 60.5 Å². The zero-order chi connectivity index (χ0) is 23.8. The fourth-order valence-corrected chi connectivity index (χ4v) is 4.25. The molecule has 1 fully saturated rings. The largest absolute Gasteiger partial charge is 0.491 e. The fraction of sp³-hybridized carbons (Fsp3) is 0.321. The van der Waals surface area contributed by atoms with E-state index < -0.39 is 12.1 Å². The molecule has 0 amide bonds. The highest BCUT2D eigenvalue weighted by Crippen LogP contribution is 2.18. The van der Waals surface area contributed by atoms with E-state index in [1.54, 1.807) is 12.1 Å². The molecule has 34 heavy (non-hydrogen) atoms. The number of carbonyl (C=O) groups is 1. The molecule has 1 unspecified atom stereocenters. The molecule has 1 aliphatic heterocycles. The van der Waals surface area contributed by atoms with E-state index in [4.69, 9.17) is 9.84 Å². The Morgan fingerprint density at radius 1 is 0.794 bits per heavy atom. The molecule has 2 N–H and O–H groups in total. The van der Waals surface area contributed by atoms with Gasteiger partial charge in [0.25, 0.3) is 0 Å². The summed E-state index contributed by atoms with van der Waals surface area (Å²) in [5, 5.41) is 19.3. The van der Waals surface area contributed by atoms with E-state index >= 15 is 0 Å². The summed E-state index contributed by atoms with van der Waals surface area (Å²) in [7, 11) is 0. The minimum atomic E-state index is -0.888. The van der Waals surface area contributed by atoms with Gasteiger partial charge in [-0.3, -0.25) is 9.80 Å². The Bertz CT molecular complexity index is 1040. The molecule has 0 aromatic heterocycles. The van der Waals surface area contributed by atoms with Gasteiger partial charge in [0.1, 0.15) is 18.5 Å². The Morgan fingerprint density at radius 3 is 1.91 bits per heavy atom. The molecule has 0 spiro atoms. The van der Waals surface area contributed by atoms with Crippen LogP contribution in [0.15, 0.2) is 78.9 Å². The van der Waals surface area contributed by atoms with Crippen molar-refractivity contribution in [2.75, 3.05) is 32.8 Å². The SMILES string of the molecule is O=C(O)c1ccc(CN2CCCN(Cc3ccc(OCC(O)c4ccccc4)cc3)CC2)cc1. The first kappa shape index (κ1) is 24.0. The number of carboxylic acid groups (broad SMARTS) is 1. The number of rotatable bonds is 9. The first-order chi connectivity index (χ1) is 16.6. The zero-order valence-electron chi connectivity index (χ0n) is 19.3. The first-order valence-electron chi connectivity index (χ1n) is 11.8. The van der Waals surface area contributed by atoms with E-state index in [2.05, 4.69) is 21.9 Å². The molecule has 1 atom stereocenters. The molecule has 0 saturated carbocycles. The van der Waals surface area contributed by atoms with Crippen LogP contribution in [0.5, 0.6) is 5.75 Å². The van der Waals surface area contributed by atoms with Crippen molar-refractivity contribution in [1.29, 1.82) is 0 Å². The van der Waals surface area contributed by atoms with Gasteiger partial charge in [0.05, 0.1) is 5.56 Å². The second kappa shape index (κ2) is 11.8. The predicted octanol–water partition coefficient (Wildman–Crippen LogP) is 4.21. The van der Waals surface area contributed by atoms with Crippen LogP contribution in [0.3, 0.4) is 0 Å². The number of nitrogens with zero attached hydrogens (tertiary/aromatic N) is 2. The van der Waals surface area contributed by atoms with Crippen molar-refractivity contribution in [3.63, 3.8) is 0 Å². The highest BCUT2D eigenvalue weighted by Gasteiger charge is 2.16. The highest BCUT2D eigenvalue weighted by molar-refractivity contribution is 5.87. The lowest BCUT2D eigenvalue weighted by Crippen LogP contribution is -2.30. The summed E-state index contributed by atoms with van der Waals surface area (Å²) in [5.41, 5.74) is 3.57. The zero-order valence-corrected chi connectivity index (χ0v) is 19.3. The van der Waals surface area contributed by atoms with Gasteiger partial charge in [-0.25, -0.2) is 4.79 Å². The van der Waals surface area contributed by atoms with Crippen LogP contribution in [0, 0.1) is 0 Å². The lowest BCUT2D eigenvalue weighted by molar-refractivity contribution is 0.0697. The third kappa shape index (κ3) is 6.90. The lowest BCUT2D eigenvalue weighted by Gasteiger charge is -2.22. The van der Waals surface area contributed by atoms with Crippen molar-refractivity contribution in [2.45, 2.75) is 25.6 Å². The Kier molecular flexibility index (Phi) is 8.31. The number of benzene rings is 3. The molecule has 1 aliphatic rings.